The molecule has 3 heterocycles. The number of rotatable bonds is 5. The summed E-state index contributed by atoms with van der Waals surface area (Å²) in [7, 11) is -4.03. The van der Waals surface area contributed by atoms with E-state index >= 15 is 0 Å². The third kappa shape index (κ3) is 4.11. The van der Waals surface area contributed by atoms with Crippen LogP contribution in [-0.2, 0) is 10.0 Å². The predicted octanol–water partition coefficient (Wildman–Crippen LogP) is 3.63. The fraction of sp³-hybridized carbons (Fsp3) is 0.235. The zero-order valence-corrected chi connectivity index (χ0v) is 17.2. The summed E-state index contributed by atoms with van der Waals surface area (Å²) in [5.74, 6) is -1.17. The van der Waals surface area contributed by atoms with Crippen molar-refractivity contribution in [2.24, 2.45) is 0 Å². The summed E-state index contributed by atoms with van der Waals surface area (Å²) in [5.41, 5.74) is 0.151. The molecular formula is C17H14ClFN4O4S2. The maximum absolute atomic E-state index is 13.9. The van der Waals surface area contributed by atoms with E-state index in [0.717, 1.165) is 30.2 Å². The lowest BCUT2D eigenvalue weighted by molar-refractivity contribution is 0.0743. The van der Waals surface area contributed by atoms with E-state index in [0.29, 0.717) is 18.7 Å². The van der Waals surface area contributed by atoms with Crippen LogP contribution in [0.25, 0.3) is 11.4 Å². The molecule has 0 atom stereocenters. The van der Waals surface area contributed by atoms with E-state index in [-0.39, 0.29) is 32.5 Å². The first-order chi connectivity index (χ1) is 13.8. The highest BCUT2D eigenvalue weighted by atomic mass is 35.5. The second-order valence-corrected chi connectivity index (χ2v) is 9.56. The molecule has 0 radical (unpaired) electrons. The lowest BCUT2D eigenvalue weighted by Gasteiger charge is -2.10. The summed E-state index contributed by atoms with van der Waals surface area (Å²) in [6.07, 6.45) is 1.86. The van der Waals surface area contributed by atoms with Crippen molar-refractivity contribution in [3.63, 3.8) is 0 Å². The molecule has 1 amide bonds. The Morgan fingerprint density at radius 3 is 2.76 bits per heavy atom. The van der Waals surface area contributed by atoms with Crippen molar-refractivity contribution in [1.82, 2.24) is 15.0 Å². The minimum Gasteiger partial charge on any atom is -0.334 e. The minimum absolute atomic E-state index is 0.0703. The van der Waals surface area contributed by atoms with Crippen molar-refractivity contribution in [3.05, 3.63) is 46.4 Å². The number of hydrogen-bond donors (Lipinski definition) is 1. The number of nitrogens with one attached hydrogen (secondary N) is 1. The highest BCUT2D eigenvalue weighted by molar-refractivity contribution is 7.94. The number of carbonyl (C=O) groups is 1. The van der Waals surface area contributed by atoms with Crippen molar-refractivity contribution in [1.29, 1.82) is 0 Å². The summed E-state index contributed by atoms with van der Waals surface area (Å²) in [6.45, 7) is 1.29. The molecule has 1 N–H and O–H groups in total. The van der Waals surface area contributed by atoms with Crippen molar-refractivity contribution in [3.8, 4) is 11.4 Å². The van der Waals surface area contributed by atoms with Crippen LogP contribution in [0, 0.1) is 5.82 Å². The molecule has 3 aromatic rings. The molecule has 1 aliphatic heterocycles. The number of carbonyl (C=O) groups excluding carboxylic acids is 1. The molecule has 152 valence electrons. The molecule has 0 unspecified atom stereocenters. The normalized spacial score (nSPS) is 14.3. The molecule has 1 aliphatic rings. The van der Waals surface area contributed by atoms with Gasteiger partial charge in [-0.15, -0.1) is 11.3 Å². The molecule has 0 saturated carbocycles. The monoisotopic (exact) mass is 456 g/mol. The average Bonchev–Trinajstić information content (AvgIpc) is 3.44. The zero-order valence-electron chi connectivity index (χ0n) is 14.8. The SMILES string of the molecule is O=C(c1nc(-c2csc(S(=O)(=O)Nc3ccc(Cl)cc3F)c2)no1)N1CCCC1. The molecule has 1 aromatic carbocycles. The number of likely N-dealkylation sites (tertiary alicyclic amines) is 1. The van der Waals surface area contributed by atoms with Gasteiger partial charge >= 0.3 is 11.8 Å². The Morgan fingerprint density at radius 2 is 2.03 bits per heavy atom. The molecule has 0 aliphatic carbocycles. The predicted molar refractivity (Wildman–Crippen MR) is 105 cm³/mol. The van der Waals surface area contributed by atoms with E-state index in [4.69, 9.17) is 16.1 Å². The molecule has 8 nitrogen and oxygen atoms in total. The van der Waals surface area contributed by atoms with Gasteiger partial charge in [-0.2, -0.15) is 4.98 Å². The van der Waals surface area contributed by atoms with Gasteiger partial charge in [-0.25, -0.2) is 12.8 Å². The lowest BCUT2D eigenvalue weighted by Crippen LogP contribution is -2.27. The summed E-state index contributed by atoms with van der Waals surface area (Å²) >= 11 is 6.58. The van der Waals surface area contributed by atoms with Gasteiger partial charge in [0, 0.05) is 29.1 Å². The van der Waals surface area contributed by atoms with E-state index in [9.17, 15) is 17.6 Å². The average molecular weight is 457 g/mol. The van der Waals surface area contributed by atoms with E-state index < -0.39 is 15.8 Å². The molecule has 12 heteroatoms. The number of thiophene rings is 1. The van der Waals surface area contributed by atoms with Crippen LogP contribution >= 0.6 is 22.9 Å². The van der Waals surface area contributed by atoms with E-state index in [1.807, 2.05) is 0 Å². The maximum atomic E-state index is 13.9. The van der Waals surface area contributed by atoms with Crippen LogP contribution < -0.4 is 4.72 Å². The number of benzene rings is 1. The van der Waals surface area contributed by atoms with Crippen LogP contribution in [0.2, 0.25) is 5.02 Å². The molecule has 1 saturated heterocycles. The van der Waals surface area contributed by atoms with Crippen molar-refractivity contribution < 1.29 is 22.1 Å². The minimum atomic E-state index is -4.03. The Kier molecular flexibility index (Phi) is 5.28. The van der Waals surface area contributed by atoms with Crippen molar-refractivity contribution >= 4 is 44.6 Å². The van der Waals surface area contributed by atoms with Crippen LogP contribution in [0.15, 0.2) is 38.4 Å². The Balaban J connectivity index is 1.54. The second kappa shape index (κ2) is 7.73. The smallest absolute Gasteiger partial charge is 0.316 e. The van der Waals surface area contributed by atoms with Crippen molar-refractivity contribution in [2.75, 3.05) is 17.8 Å². The molecule has 0 bridgehead atoms. The van der Waals surface area contributed by atoms with Crippen LogP contribution in [0.5, 0.6) is 0 Å². The molecule has 29 heavy (non-hydrogen) atoms. The third-order valence-corrected chi connectivity index (χ3v) is 7.32. The van der Waals surface area contributed by atoms with Crippen LogP contribution in [0.1, 0.15) is 23.5 Å². The standard InChI is InChI=1S/C17H14ClFN4O4S2/c18-11-3-4-13(12(19)8-11)22-29(25,26)14-7-10(9-28-14)15-20-16(27-21-15)17(24)23-5-1-2-6-23/h3-4,7-9,22H,1-2,5-6H2. The number of aromatic nitrogens is 2. The number of hydrogen-bond acceptors (Lipinski definition) is 7. The lowest BCUT2D eigenvalue weighted by atomic mass is 10.3. The Labute approximate surface area is 174 Å². The topological polar surface area (TPSA) is 105 Å². The van der Waals surface area contributed by atoms with Gasteiger partial charge in [0.25, 0.3) is 10.0 Å². The Bertz CT molecular complexity index is 1170. The largest absolute Gasteiger partial charge is 0.334 e. The van der Waals surface area contributed by atoms with Gasteiger partial charge < -0.3 is 9.42 Å². The zero-order chi connectivity index (χ0) is 20.6. The first-order valence-corrected chi connectivity index (χ1v) is 11.3. The van der Waals surface area contributed by atoms with Gasteiger partial charge in [-0.1, -0.05) is 16.8 Å². The van der Waals surface area contributed by atoms with E-state index in [1.54, 1.807) is 4.90 Å². The number of anilines is 1. The Hall–Kier alpha value is -2.50. The fourth-order valence-electron chi connectivity index (χ4n) is 2.83. The van der Waals surface area contributed by atoms with Crippen LogP contribution in [0.3, 0.4) is 0 Å². The Morgan fingerprint density at radius 1 is 1.28 bits per heavy atom. The van der Waals surface area contributed by atoms with E-state index in [2.05, 4.69) is 14.9 Å². The second-order valence-electron chi connectivity index (χ2n) is 6.31. The molecular weight excluding hydrogens is 443 g/mol. The van der Waals surface area contributed by atoms with Gasteiger partial charge in [0.1, 0.15) is 10.0 Å². The van der Waals surface area contributed by atoms with Gasteiger partial charge in [0.2, 0.25) is 5.82 Å². The summed E-state index contributed by atoms with van der Waals surface area (Å²) in [4.78, 5) is 18.0. The highest BCUT2D eigenvalue weighted by Gasteiger charge is 2.26. The van der Waals surface area contributed by atoms with Crippen LogP contribution in [-0.4, -0.2) is 42.5 Å². The number of nitrogens with zero attached hydrogens (tertiary/aromatic N) is 3. The summed E-state index contributed by atoms with van der Waals surface area (Å²) in [6, 6.07) is 4.95. The van der Waals surface area contributed by atoms with Gasteiger partial charge in [0.05, 0.1) is 5.69 Å². The first-order valence-electron chi connectivity index (χ1n) is 8.53. The number of amides is 1. The molecule has 0 spiro atoms. The van der Waals surface area contributed by atoms with Crippen molar-refractivity contribution in [2.45, 2.75) is 17.1 Å². The first kappa shape index (κ1) is 19.8. The quantitative estimate of drug-likeness (QED) is 0.628. The van der Waals surface area contributed by atoms with Gasteiger partial charge in [-0.05, 0) is 37.1 Å². The van der Waals surface area contributed by atoms with Gasteiger partial charge in [-0.3, -0.25) is 9.52 Å². The van der Waals surface area contributed by atoms with Gasteiger partial charge in [0.15, 0.2) is 0 Å². The molecule has 1 fully saturated rings. The molecule has 2 aromatic heterocycles. The maximum Gasteiger partial charge on any atom is 0.316 e. The van der Waals surface area contributed by atoms with E-state index in [1.165, 1.54) is 23.6 Å². The van der Waals surface area contributed by atoms with Crippen LogP contribution in [0.4, 0.5) is 10.1 Å². The number of sulfonamides is 1. The molecule has 4 rings (SSSR count). The fourth-order valence-corrected chi connectivity index (χ4v) is 5.21. The summed E-state index contributed by atoms with van der Waals surface area (Å²) in [5, 5.41) is 5.43. The third-order valence-electron chi connectivity index (χ3n) is 4.28. The number of halogens is 2. The summed E-state index contributed by atoms with van der Waals surface area (Å²) < 4.78 is 46.1. The highest BCUT2D eigenvalue weighted by Crippen LogP contribution is 2.29.